The van der Waals surface area contributed by atoms with Crippen LogP contribution in [0, 0.1) is 0 Å². The molecule has 3 aromatic rings. The Morgan fingerprint density at radius 3 is 2.52 bits per heavy atom. The molecule has 0 aliphatic heterocycles. The molecule has 1 aromatic heterocycles. The van der Waals surface area contributed by atoms with Crippen molar-refractivity contribution in [3.8, 4) is 17.0 Å². The number of benzene rings is 2. The number of H-pyrrole nitrogens is 1. The quantitative estimate of drug-likeness (QED) is 0.457. The smallest absolute Gasteiger partial charge is 0.251 e. The first-order valence-electron chi connectivity index (χ1n) is 9.95. The molecule has 152 valence electrons. The van der Waals surface area contributed by atoms with Crippen LogP contribution in [0.3, 0.4) is 0 Å². The third kappa shape index (κ3) is 5.68. The monoisotopic (exact) mass is 392 g/mol. The summed E-state index contributed by atoms with van der Waals surface area (Å²) < 4.78 is 5.21. The zero-order valence-electron chi connectivity index (χ0n) is 17.0. The average molecular weight is 393 g/mol. The molecule has 6 heteroatoms. The number of aromatic amines is 1. The van der Waals surface area contributed by atoms with Crippen LogP contribution in [0.2, 0.25) is 0 Å². The van der Waals surface area contributed by atoms with Crippen LogP contribution < -0.4 is 15.4 Å². The second-order valence-corrected chi connectivity index (χ2v) is 6.91. The van der Waals surface area contributed by atoms with Crippen LogP contribution in [0.15, 0.2) is 54.7 Å². The van der Waals surface area contributed by atoms with E-state index in [1.54, 1.807) is 7.11 Å². The first-order valence-corrected chi connectivity index (χ1v) is 9.95. The van der Waals surface area contributed by atoms with E-state index in [9.17, 15) is 4.79 Å². The minimum Gasteiger partial charge on any atom is -0.497 e. The lowest BCUT2D eigenvalue weighted by Gasteiger charge is -2.08. The predicted octanol–water partition coefficient (Wildman–Crippen LogP) is 3.91. The predicted molar refractivity (Wildman–Crippen MR) is 115 cm³/mol. The fourth-order valence-corrected chi connectivity index (χ4v) is 3.05. The Morgan fingerprint density at radius 1 is 1.07 bits per heavy atom. The maximum atomic E-state index is 12.1. The molecule has 0 spiro atoms. The van der Waals surface area contributed by atoms with Crippen molar-refractivity contribution >= 4 is 5.91 Å². The largest absolute Gasteiger partial charge is 0.497 e. The molecule has 0 aliphatic carbocycles. The van der Waals surface area contributed by atoms with Crippen LogP contribution in [0.25, 0.3) is 11.3 Å². The standard InChI is InChI=1S/C23H28N4O2/c1-3-4-13-25-23(28)19-7-5-17(6-8-19)14-24-15-20-16-26-27-22(20)18-9-11-21(29-2)12-10-18/h5-12,16,24H,3-4,13-15H2,1-2H3,(H,25,28)(H,26,27). The first-order chi connectivity index (χ1) is 14.2. The van der Waals surface area contributed by atoms with Crippen LogP contribution in [0.4, 0.5) is 0 Å². The molecular weight excluding hydrogens is 364 g/mol. The molecule has 0 saturated carbocycles. The van der Waals surface area contributed by atoms with E-state index in [2.05, 4.69) is 27.8 Å². The maximum Gasteiger partial charge on any atom is 0.251 e. The number of carbonyl (C=O) groups is 1. The molecule has 0 atom stereocenters. The highest BCUT2D eigenvalue weighted by Gasteiger charge is 2.08. The molecule has 0 unspecified atom stereocenters. The summed E-state index contributed by atoms with van der Waals surface area (Å²) in [5, 5.41) is 13.6. The number of methoxy groups -OCH3 is 1. The second kappa shape index (κ2) is 10.4. The Hall–Kier alpha value is -3.12. The van der Waals surface area contributed by atoms with Gasteiger partial charge < -0.3 is 15.4 Å². The second-order valence-electron chi connectivity index (χ2n) is 6.91. The molecule has 3 rings (SSSR count). The van der Waals surface area contributed by atoms with Crippen LogP contribution in [-0.4, -0.2) is 29.8 Å². The lowest BCUT2D eigenvalue weighted by Crippen LogP contribution is -2.24. The molecule has 1 heterocycles. The number of unbranched alkanes of at least 4 members (excludes halogenated alkanes) is 1. The highest BCUT2D eigenvalue weighted by molar-refractivity contribution is 5.94. The summed E-state index contributed by atoms with van der Waals surface area (Å²) >= 11 is 0. The number of hydrogen-bond donors (Lipinski definition) is 3. The summed E-state index contributed by atoms with van der Waals surface area (Å²) in [6.45, 7) is 4.24. The first kappa shape index (κ1) is 20.6. The minimum absolute atomic E-state index is 0.0134. The van der Waals surface area contributed by atoms with Gasteiger partial charge in [-0.15, -0.1) is 0 Å². The summed E-state index contributed by atoms with van der Waals surface area (Å²) in [6.07, 6.45) is 3.91. The van der Waals surface area contributed by atoms with Crippen LogP contribution in [0.1, 0.15) is 41.3 Å². The van der Waals surface area contributed by atoms with Crippen molar-refractivity contribution in [2.75, 3.05) is 13.7 Å². The van der Waals surface area contributed by atoms with E-state index in [0.717, 1.165) is 47.5 Å². The topological polar surface area (TPSA) is 79.0 Å². The molecule has 2 aromatic carbocycles. The number of ether oxygens (including phenoxy) is 1. The van der Waals surface area contributed by atoms with Crippen molar-refractivity contribution in [3.63, 3.8) is 0 Å². The molecule has 0 saturated heterocycles. The van der Waals surface area contributed by atoms with E-state index in [1.165, 1.54) is 0 Å². The van der Waals surface area contributed by atoms with Crippen molar-refractivity contribution in [2.24, 2.45) is 0 Å². The van der Waals surface area contributed by atoms with Gasteiger partial charge in [0.15, 0.2) is 0 Å². The van der Waals surface area contributed by atoms with Gasteiger partial charge in [-0.2, -0.15) is 5.10 Å². The number of nitrogens with zero attached hydrogens (tertiary/aromatic N) is 1. The summed E-state index contributed by atoms with van der Waals surface area (Å²) in [7, 11) is 1.66. The lowest BCUT2D eigenvalue weighted by molar-refractivity contribution is 0.0953. The molecule has 0 aliphatic rings. The minimum atomic E-state index is -0.0134. The van der Waals surface area contributed by atoms with Gasteiger partial charge >= 0.3 is 0 Å². The van der Waals surface area contributed by atoms with Gasteiger partial charge in [0.05, 0.1) is 19.0 Å². The van der Waals surface area contributed by atoms with Gasteiger partial charge in [0.2, 0.25) is 0 Å². The summed E-state index contributed by atoms with van der Waals surface area (Å²) in [5.74, 6) is 0.816. The molecule has 29 heavy (non-hydrogen) atoms. The zero-order valence-corrected chi connectivity index (χ0v) is 17.0. The van der Waals surface area contributed by atoms with Crippen molar-refractivity contribution in [2.45, 2.75) is 32.9 Å². The summed E-state index contributed by atoms with van der Waals surface area (Å²) in [4.78, 5) is 12.1. The van der Waals surface area contributed by atoms with Gasteiger partial charge in [-0.1, -0.05) is 25.5 Å². The van der Waals surface area contributed by atoms with Gasteiger partial charge in [-0.25, -0.2) is 0 Å². The lowest BCUT2D eigenvalue weighted by atomic mass is 10.1. The highest BCUT2D eigenvalue weighted by atomic mass is 16.5. The van der Waals surface area contributed by atoms with Gasteiger partial charge in [0.25, 0.3) is 5.91 Å². The van der Waals surface area contributed by atoms with Crippen molar-refractivity contribution in [3.05, 3.63) is 71.4 Å². The normalized spacial score (nSPS) is 10.7. The summed E-state index contributed by atoms with van der Waals surface area (Å²) in [6, 6.07) is 15.6. The number of amides is 1. The number of carbonyl (C=O) groups excluding carboxylic acids is 1. The average Bonchev–Trinajstić information content (AvgIpc) is 3.23. The maximum absolute atomic E-state index is 12.1. The molecular formula is C23H28N4O2. The van der Waals surface area contributed by atoms with E-state index in [-0.39, 0.29) is 5.91 Å². The Balaban J connectivity index is 1.53. The van der Waals surface area contributed by atoms with Gasteiger partial charge in [0.1, 0.15) is 5.75 Å². The Morgan fingerprint density at radius 2 is 1.83 bits per heavy atom. The van der Waals surface area contributed by atoms with Gasteiger partial charge in [-0.3, -0.25) is 9.89 Å². The van der Waals surface area contributed by atoms with Crippen molar-refractivity contribution in [1.29, 1.82) is 0 Å². The van der Waals surface area contributed by atoms with Gasteiger partial charge in [0, 0.05) is 36.3 Å². The number of rotatable bonds is 10. The fourth-order valence-electron chi connectivity index (χ4n) is 3.05. The van der Waals surface area contributed by atoms with E-state index >= 15 is 0 Å². The Labute approximate surface area is 171 Å². The van der Waals surface area contributed by atoms with Crippen LogP contribution in [-0.2, 0) is 13.1 Å². The zero-order chi connectivity index (χ0) is 20.5. The number of aromatic nitrogens is 2. The third-order valence-electron chi connectivity index (χ3n) is 4.77. The molecule has 1 amide bonds. The fraction of sp³-hybridized carbons (Fsp3) is 0.304. The summed E-state index contributed by atoms with van der Waals surface area (Å²) in [5.41, 5.74) is 4.99. The van der Waals surface area contributed by atoms with Gasteiger partial charge in [-0.05, 0) is 48.4 Å². The van der Waals surface area contributed by atoms with E-state index in [4.69, 9.17) is 4.74 Å². The van der Waals surface area contributed by atoms with E-state index in [0.29, 0.717) is 18.7 Å². The Bertz CT molecular complexity index is 901. The Kier molecular flexibility index (Phi) is 7.41. The third-order valence-corrected chi connectivity index (χ3v) is 4.77. The van der Waals surface area contributed by atoms with Crippen molar-refractivity contribution < 1.29 is 9.53 Å². The number of nitrogens with one attached hydrogen (secondary N) is 3. The molecule has 3 N–H and O–H groups in total. The van der Waals surface area contributed by atoms with Crippen molar-refractivity contribution in [1.82, 2.24) is 20.8 Å². The molecule has 6 nitrogen and oxygen atoms in total. The molecule has 0 bridgehead atoms. The van der Waals surface area contributed by atoms with Crippen LogP contribution in [0.5, 0.6) is 5.75 Å². The SMILES string of the molecule is CCCCNC(=O)c1ccc(CNCc2cn[nH]c2-c2ccc(OC)cc2)cc1. The number of hydrogen-bond acceptors (Lipinski definition) is 4. The van der Waals surface area contributed by atoms with E-state index < -0.39 is 0 Å². The molecule has 0 radical (unpaired) electrons. The van der Waals surface area contributed by atoms with Crippen LogP contribution >= 0.6 is 0 Å². The highest BCUT2D eigenvalue weighted by Crippen LogP contribution is 2.23. The molecule has 0 fully saturated rings. The van der Waals surface area contributed by atoms with E-state index in [1.807, 2.05) is 54.7 Å².